The van der Waals surface area contributed by atoms with Crippen LogP contribution < -0.4 is 5.32 Å². The van der Waals surface area contributed by atoms with E-state index in [1.54, 1.807) is 0 Å². The number of hydrogen-bond acceptors (Lipinski definition) is 2. The molecule has 0 aliphatic carbocycles. The van der Waals surface area contributed by atoms with Crippen LogP contribution in [0.3, 0.4) is 0 Å². The quantitative estimate of drug-likeness (QED) is 0.756. The molecule has 3 heteroatoms. The molecule has 1 heterocycles. The van der Waals surface area contributed by atoms with E-state index < -0.39 is 0 Å². The molecule has 3 aromatic rings. The smallest absolute Gasteiger partial charge is 0.0365 e. The highest BCUT2D eigenvalue weighted by Crippen LogP contribution is 2.28. The Hall–Kier alpha value is -1.71. The van der Waals surface area contributed by atoms with Crippen molar-refractivity contribution in [3.63, 3.8) is 0 Å². The molecular formula is C18H17BrN2. The van der Waals surface area contributed by atoms with Crippen molar-refractivity contribution in [1.29, 1.82) is 0 Å². The van der Waals surface area contributed by atoms with E-state index in [0.717, 1.165) is 10.9 Å². The van der Waals surface area contributed by atoms with Crippen LogP contribution in [-0.2, 0) is 6.42 Å². The zero-order valence-corrected chi connectivity index (χ0v) is 13.5. The second kappa shape index (κ2) is 6.37. The SMILES string of the molecule is CNC(Cc1ccccc1Br)c1cccc2cnccc12. The summed E-state index contributed by atoms with van der Waals surface area (Å²) in [6.45, 7) is 0. The van der Waals surface area contributed by atoms with Gasteiger partial charge in [0.15, 0.2) is 0 Å². The molecule has 0 saturated carbocycles. The minimum atomic E-state index is 0.273. The van der Waals surface area contributed by atoms with Crippen molar-refractivity contribution >= 4 is 26.7 Å². The van der Waals surface area contributed by atoms with Crippen molar-refractivity contribution in [3.8, 4) is 0 Å². The van der Waals surface area contributed by atoms with Gasteiger partial charge in [-0.15, -0.1) is 0 Å². The average Bonchev–Trinajstić information content (AvgIpc) is 2.54. The predicted octanol–water partition coefficient (Wildman–Crippen LogP) is 4.50. The third-order valence-corrected chi connectivity index (χ3v) is 4.59. The minimum absolute atomic E-state index is 0.273. The van der Waals surface area contributed by atoms with Crippen molar-refractivity contribution in [2.75, 3.05) is 7.05 Å². The monoisotopic (exact) mass is 340 g/mol. The first kappa shape index (κ1) is 14.2. The number of pyridine rings is 1. The Morgan fingerprint density at radius 3 is 2.76 bits per heavy atom. The maximum atomic E-state index is 4.21. The Morgan fingerprint density at radius 2 is 1.95 bits per heavy atom. The van der Waals surface area contributed by atoms with Crippen molar-refractivity contribution in [2.45, 2.75) is 12.5 Å². The first-order valence-electron chi connectivity index (χ1n) is 7.03. The average molecular weight is 341 g/mol. The second-order valence-corrected chi connectivity index (χ2v) is 5.94. The summed E-state index contributed by atoms with van der Waals surface area (Å²) in [5.41, 5.74) is 2.62. The van der Waals surface area contributed by atoms with Gasteiger partial charge in [-0.25, -0.2) is 0 Å². The summed E-state index contributed by atoms with van der Waals surface area (Å²) < 4.78 is 1.16. The summed E-state index contributed by atoms with van der Waals surface area (Å²) in [7, 11) is 2.02. The van der Waals surface area contributed by atoms with Crippen LogP contribution in [0, 0.1) is 0 Å². The van der Waals surface area contributed by atoms with Gasteiger partial charge in [-0.3, -0.25) is 4.98 Å². The standard InChI is InChI=1S/C18H17BrN2/c1-20-18(11-13-5-2-3-8-17(13)19)16-7-4-6-14-12-21-10-9-15(14)16/h2-10,12,18,20H,11H2,1H3. The highest BCUT2D eigenvalue weighted by Gasteiger charge is 2.14. The number of nitrogens with zero attached hydrogens (tertiary/aromatic N) is 1. The van der Waals surface area contributed by atoms with E-state index in [9.17, 15) is 0 Å². The van der Waals surface area contributed by atoms with Gasteiger partial charge in [0, 0.05) is 28.3 Å². The lowest BCUT2D eigenvalue weighted by Crippen LogP contribution is -2.19. The lowest BCUT2D eigenvalue weighted by molar-refractivity contribution is 0.595. The third-order valence-electron chi connectivity index (χ3n) is 3.82. The van der Waals surface area contributed by atoms with E-state index in [-0.39, 0.29) is 6.04 Å². The molecule has 21 heavy (non-hydrogen) atoms. The van der Waals surface area contributed by atoms with E-state index in [0.29, 0.717) is 0 Å². The van der Waals surface area contributed by atoms with Crippen molar-refractivity contribution < 1.29 is 0 Å². The molecule has 0 bridgehead atoms. The molecule has 0 spiro atoms. The third kappa shape index (κ3) is 2.99. The number of benzene rings is 2. The maximum absolute atomic E-state index is 4.21. The van der Waals surface area contributed by atoms with E-state index in [4.69, 9.17) is 0 Å². The van der Waals surface area contributed by atoms with E-state index >= 15 is 0 Å². The van der Waals surface area contributed by atoms with Gasteiger partial charge in [-0.1, -0.05) is 52.3 Å². The van der Waals surface area contributed by atoms with Gasteiger partial charge in [0.05, 0.1) is 0 Å². The van der Waals surface area contributed by atoms with Crippen LogP contribution in [-0.4, -0.2) is 12.0 Å². The summed E-state index contributed by atoms with van der Waals surface area (Å²) in [4.78, 5) is 4.21. The number of hydrogen-bond donors (Lipinski definition) is 1. The number of halogens is 1. The maximum Gasteiger partial charge on any atom is 0.0365 e. The first-order valence-corrected chi connectivity index (χ1v) is 7.82. The van der Waals surface area contributed by atoms with Gasteiger partial charge in [0.1, 0.15) is 0 Å². The molecule has 0 aliphatic heterocycles. The second-order valence-electron chi connectivity index (χ2n) is 5.08. The van der Waals surface area contributed by atoms with Gasteiger partial charge < -0.3 is 5.32 Å². The Morgan fingerprint density at radius 1 is 1.10 bits per heavy atom. The lowest BCUT2D eigenvalue weighted by Gasteiger charge is -2.19. The first-order chi connectivity index (χ1) is 10.3. The fourth-order valence-corrected chi connectivity index (χ4v) is 3.15. The molecule has 0 fully saturated rings. The van der Waals surface area contributed by atoms with Crippen molar-refractivity contribution in [1.82, 2.24) is 10.3 Å². The molecule has 0 amide bonds. The largest absolute Gasteiger partial charge is 0.313 e. The molecule has 2 nitrogen and oxygen atoms in total. The topological polar surface area (TPSA) is 24.9 Å². The Labute approximate surface area is 133 Å². The van der Waals surface area contributed by atoms with Crippen LogP contribution in [0.4, 0.5) is 0 Å². The number of likely N-dealkylation sites (N-methyl/N-ethyl adjacent to an activating group) is 1. The lowest BCUT2D eigenvalue weighted by atomic mass is 9.95. The van der Waals surface area contributed by atoms with Crippen LogP contribution in [0.15, 0.2) is 65.4 Å². The summed E-state index contributed by atoms with van der Waals surface area (Å²) in [5, 5.41) is 5.89. The molecule has 1 aromatic heterocycles. The normalized spacial score (nSPS) is 12.5. The van der Waals surface area contributed by atoms with Gasteiger partial charge in [-0.2, -0.15) is 0 Å². The number of nitrogens with one attached hydrogen (secondary N) is 1. The van der Waals surface area contributed by atoms with Crippen LogP contribution in [0.2, 0.25) is 0 Å². The predicted molar refractivity (Wildman–Crippen MR) is 91.4 cm³/mol. The number of aromatic nitrogens is 1. The molecule has 0 aliphatic rings. The van der Waals surface area contributed by atoms with Crippen molar-refractivity contribution in [2.24, 2.45) is 0 Å². The van der Waals surface area contributed by atoms with E-state index in [1.807, 2.05) is 25.5 Å². The molecule has 0 saturated heterocycles. The van der Waals surface area contributed by atoms with Crippen LogP contribution in [0.25, 0.3) is 10.8 Å². The Bertz CT molecular complexity index is 750. The zero-order chi connectivity index (χ0) is 14.7. The summed E-state index contributed by atoms with van der Waals surface area (Å²) >= 11 is 3.64. The molecule has 106 valence electrons. The van der Waals surface area contributed by atoms with Gasteiger partial charge in [0.2, 0.25) is 0 Å². The Balaban J connectivity index is 2.01. The molecular weight excluding hydrogens is 324 g/mol. The minimum Gasteiger partial charge on any atom is -0.313 e. The van der Waals surface area contributed by atoms with Crippen LogP contribution in [0.1, 0.15) is 17.2 Å². The fourth-order valence-electron chi connectivity index (χ4n) is 2.70. The van der Waals surface area contributed by atoms with Gasteiger partial charge >= 0.3 is 0 Å². The molecule has 0 radical (unpaired) electrons. The summed E-state index contributed by atoms with van der Waals surface area (Å²) in [6, 6.07) is 17.2. The molecule has 1 N–H and O–H groups in total. The molecule has 2 aromatic carbocycles. The number of rotatable bonds is 4. The van der Waals surface area contributed by atoms with Crippen LogP contribution in [0.5, 0.6) is 0 Å². The summed E-state index contributed by atoms with van der Waals surface area (Å²) in [5.74, 6) is 0. The highest BCUT2D eigenvalue weighted by atomic mass is 79.9. The molecule has 3 rings (SSSR count). The van der Waals surface area contributed by atoms with Gasteiger partial charge in [0.25, 0.3) is 0 Å². The molecule has 1 atom stereocenters. The Kier molecular flexibility index (Phi) is 4.32. The number of fused-ring (bicyclic) bond motifs is 1. The summed E-state index contributed by atoms with van der Waals surface area (Å²) in [6.07, 6.45) is 4.72. The molecule has 1 unspecified atom stereocenters. The van der Waals surface area contributed by atoms with E-state index in [2.05, 4.69) is 68.7 Å². The van der Waals surface area contributed by atoms with E-state index in [1.165, 1.54) is 21.9 Å². The van der Waals surface area contributed by atoms with Gasteiger partial charge in [-0.05, 0) is 42.1 Å². The van der Waals surface area contributed by atoms with Crippen molar-refractivity contribution in [3.05, 3.63) is 76.5 Å². The zero-order valence-electron chi connectivity index (χ0n) is 11.9. The van der Waals surface area contributed by atoms with Crippen LogP contribution >= 0.6 is 15.9 Å². The highest BCUT2D eigenvalue weighted by molar-refractivity contribution is 9.10. The fraction of sp³-hybridized carbons (Fsp3) is 0.167.